The molecule has 7 heteroatoms. The molecule has 1 heterocycles. The Bertz CT molecular complexity index is 688. The smallest absolute Gasteiger partial charge is 0.305 e. The molecule has 148 valence electrons. The molecule has 1 aliphatic rings. The highest BCUT2D eigenvalue weighted by molar-refractivity contribution is 5.81. The summed E-state index contributed by atoms with van der Waals surface area (Å²) in [6.45, 7) is 3.80. The van der Waals surface area contributed by atoms with Crippen LogP contribution in [-0.2, 0) is 9.59 Å². The van der Waals surface area contributed by atoms with Gasteiger partial charge in [-0.1, -0.05) is 24.3 Å². The van der Waals surface area contributed by atoms with Gasteiger partial charge in [0.05, 0.1) is 24.7 Å². The highest BCUT2D eigenvalue weighted by Gasteiger charge is 2.40. The number of hydrogen-bond acceptors (Lipinski definition) is 4. The van der Waals surface area contributed by atoms with E-state index in [1.54, 1.807) is 23.1 Å². The van der Waals surface area contributed by atoms with Gasteiger partial charge >= 0.3 is 5.97 Å². The van der Waals surface area contributed by atoms with Crippen molar-refractivity contribution in [2.75, 3.05) is 0 Å². The van der Waals surface area contributed by atoms with Gasteiger partial charge in [-0.25, -0.2) is 4.39 Å². The van der Waals surface area contributed by atoms with Crippen molar-refractivity contribution in [2.24, 2.45) is 0 Å². The van der Waals surface area contributed by atoms with Crippen LogP contribution in [-0.4, -0.2) is 56.4 Å². The Morgan fingerprint density at radius 2 is 1.93 bits per heavy atom. The van der Waals surface area contributed by atoms with Crippen molar-refractivity contribution in [2.45, 2.75) is 63.3 Å². The monoisotopic (exact) mass is 379 g/mol. The first-order valence-corrected chi connectivity index (χ1v) is 9.02. The quantitative estimate of drug-likeness (QED) is 0.601. The first-order chi connectivity index (χ1) is 12.7. The molecule has 1 fully saturated rings. The molecule has 27 heavy (non-hydrogen) atoms. The Kier molecular flexibility index (Phi) is 7.10. The van der Waals surface area contributed by atoms with Crippen molar-refractivity contribution < 1.29 is 29.3 Å². The molecule has 1 saturated heterocycles. The molecule has 1 aromatic carbocycles. The predicted octanol–water partition coefficient (Wildman–Crippen LogP) is 2.06. The number of carbonyl (C=O) groups is 2. The van der Waals surface area contributed by atoms with E-state index in [4.69, 9.17) is 5.11 Å². The summed E-state index contributed by atoms with van der Waals surface area (Å²) < 4.78 is 13.2. The molecule has 1 aromatic rings. The zero-order valence-corrected chi connectivity index (χ0v) is 15.5. The van der Waals surface area contributed by atoms with Gasteiger partial charge in [-0.2, -0.15) is 0 Å². The minimum atomic E-state index is -1.15. The van der Waals surface area contributed by atoms with Crippen LogP contribution in [0.2, 0.25) is 0 Å². The minimum Gasteiger partial charge on any atom is -0.481 e. The van der Waals surface area contributed by atoms with E-state index in [0.29, 0.717) is 0 Å². The van der Waals surface area contributed by atoms with Crippen LogP contribution in [0.1, 0.15) is 44.6 Å². The van der Waals surface area contributed by atoms with E-state index in [1.165, 1.54) is 18.2 Å². The number of aliphatic carboxylic acids is 1. The molecule has 2 rings (SSSR count). The van der Waals surface area contributed by atoms with Gasteiger partial charge in [0.25, 0.3) is 0 Å². The van der Waals surface area contributed by atoms with Gasteiger partial charge < -0.3 is 20.2 Å². The Hall–Kier alpha value is -2.25. The van der Waals surface area contributed by atoms with Gasteiger partial charge in [0, 0.05) is 24.8 Å². The molecule has 0 bridgehead atoms. The van der Waals surface area contributed by atoms with Crippen molar-refractivity contribution in [3.8, 4) is 0 Å². The van der Waals surface area contributed by atoms with E-state index in [9.17, 15) is 24.2 Å². The fourth-order valence-corrected chi connectivity index (χ4v) is 3.54. The van der Waals surface area contributed by atoms with Gasteiger partial charge in [-0.05, 0) is 31.5 Å². The van der Waals surface area contributed by atoms with E-state index in [1.807, 2.05) is 13.8 Å². The lowest BCUT2D eigenvalue weighted by Crippen LogP contribution is -2.39. The third-order valence-electron chi connectivity index (χ3n) is 4.72. The summed E-state index contributed by atoms with van der Waals surface area (Å²) in [7, 11) is 0. The number of benzene rings is 1. The molecular weight excluding hydrogens is 353 g/mol. The molecule has 0 spiro atoms. The van der Waals surface area contributed by atoms with Crippen molar-refractivity contribution in [1.29, 1.82) is 0 Å². The fraction of sp³-hybridized carbons (Fsp3) is 0.500. The molecule has 0 unspecified atom stereocenters. The van der Waals surface area contributed by atoms with Crippen LogP contribution in [0.5, 0.6) is 0 Å². The fourth-order valence-electron chi connectivity index (χ4n) is 3.54. The topological polar surface area (TPSA) is 98.1 Å². The molecular formula is C20H26FNO5. The van der Waals surface area contributed by atoms with Gasteiger partial charge in [0.1, 0.15) is 5.82 Å². The Balaban J connectivity index is 2.17. The van der Waals surface area contributed by atoms with Crippen LogP contribution in [0.3, 0.4) is 0 Å². The summed E-state index contributed by atoms with van der Waals surface area (Å²) in [6, 6.07) is 5.67. The summed E-state index contributed by atoms with van der Waals surface area (Å²) in [5.74, 6) is -1.68. The third kappa shape index (κ3) is 5.61. The first kappa shape index (κ1) is 21.1. The average Bonchev–Trinajstić information content (AvgIpc) is 2.89. The number of amides is 1. The molecule has 6 nitrogen and oxygen atoms in total. The number of aliphatic hydroxyl groups excluding tert-OH is 2. The number of carboxylic acids is 1. The number of halogens is 1. The van der Waals surface area contributed by atoms with Crippen LogP contribution in [0.4, 0.5) is 4.39 Å². The Morgan fingerprint density at radius 1 is 1.30 bits per heavy atom. The highest BCUT2D eigenvalue weighted by Crippen LogP contribution is 2.36. The summed E-state index contributed by atoms with van der Waals surface area (Å²) in [5.41, 5.74) is 0.836. The zero-order valence-electron chi connectivity index (χ0n) is 15.5. The van der Waals surface area contributed by atoms with E-state index >= 15 is 0 Å². The lowest BCUT2D eigenvalue weighted by Gasteiger charge is -2.29. The van der Waals surface area contributed by atoms with Gasteiger partial charge in [-0.15, -0.1) is 0 Å². The number of rotatable bonds is 8. The van der Waals surface area contributed by atoms with Crippen molar-refractivity contribution >= 4 is 11.9 Å². The average molecular weight is 379 g/mol. The third-order valence-corrected chi connectivity index (χ3v) is 4.72. The Labute approximate surface area is 157 Å². The summed E-state index contributed by atoms with van der Waals surface area (Å²) in [6.07, 6.45) is 0.767. The maximum atomic E-state index is 13.2. The second-order valence-corrected chi connectivity index (χ2v) is 7.19. The first-order valence-electron chi connectivity index (χ1n) is 9.02. The summed E-state index contributed by atoms with van der Waals surface area (Å²) >= 11 is 0. The Morgan fingerprint density at radius 3 is 2.48 bits per heavy atom. The van der Waals surface area contributed by atoms with E-state index in [-0.39, 0.29) is 42.6 Å². The van der Waals surface area contributed by atoms with Crippen LogP contribution in [0, 0.1) is 5.82 Å². The largest absolute Gasteiger partial charge is 0.481 e. The molecule has 3 N–H and O–H groups in total. The molecule has 4 atom stereocenters. The van der Waals surface area contributed by atoms with E-state index < -0.39 is 24.6 Å². The van der Waals surface area contributed by atoms with Gasteiger partial charge in [-0.3, -0.25) is 9.59 Å². The minimum absolute atomic E-state index is 0.0191. The second kappa shape index (κ2) is 9.10. The molecule has 0 radical (unpaired) electrons. The molecule has 0 saturated carbocycles. The van der Waals surface area contributed by atoms with E-state index in [2.05, 4.69) is 0 Å². The lowest BCUT2D eigenvalue weighted by molar-refractivity contribution is -0.139. The normalized spacial score (nSPS) is 22.6. The number of carbonyl (C=O) groups excluding carboxylic acids is 1. The number of nitrogens with zero attached hydrogens (tertiary/aromatic N) is 1. The van der Waals surface area contributed by atoms with Crippen molar-refractivity contribution in [3.63, 3.8) is 0 Å². The maximum Gasteiger partial charge on any atom is 0.305 e. The molecule has 0 aromatic heterocycles. The molecule has 1 amide bonds. The number of likely N-dealkylation sites (tertiary alicyclic amines) is 1. The standard InChI is InChI=1S/C20H26FNO5/c1-12(2)22-18(8-7-15(23)9-16(24)10-20(26)27)17(11-19(22)25)13-3-5-14(21)6-4-13/h3-8,12,15-18,23-24H,9-11H2,1-2H3,(H,26,27)/b8-7+/t15-,16+,17-,18+/m0/s1. The van der Waals surface area contributed by atoms with E-state index in [0.717, 1.165) is 5.56 Å². The van der Waals surface area contributed by atoms with Crippen molar-refractivity contribution in [1.82, 2.24) is 4.90 Å². The van der Waals surface area contributed by atoms with Crippen molar-refractivity contribution in [3.05, 3.63) is 47.8 Å². The van der Waals surface area contributed by atoms with Crippen LogP contribution >= 0.6 is 0 Å². The summed E-state index contributed by atoms with van der Waals surface area (Å²) in [4.78, 5) is 24.8. The number of carboxylic acid groups (broad SMARTS) is 1. The van der Waals surface area contributed by atoms with Gasteiger partial charge in [0.15, 0.2) is 0 Å². The number of aliphatic hydroxyl groups is 2. The van der Waals surface area contributed by atoms with Gasteiger partial charge in [0.2, 0.25) is 5.91 Å². The maximum absolute atomic E-state index is 13.2. The van der Waals surface area contributed by atoms with Crippen LogP contribution in [0.15, 0.2) is 36.4 Å². The van der Waals surface area contributed by atoms with Crippen LogP contribution < -0.4 is 0 Å². The zero-order chi connectivity index (χ0) is 20.1. The second-order valence-electron chi connectivity index (χ2n) is 7.19. The predicted molar refractivity (Wildman–Crippen MR) is 97.6 cm³/mol. The highest BCUT2D eigenvalue weighted by atomic mass is 19.1. The SMILES string of the molecule is CC(C)N1C(=O)C[C@@H](c2ccc(F)cc2)[C@H]1/C=C/[C@H](O)C[C@@H](O)CC(=O)O. The van der Waals surface area contributed by atoms with Crippen LogP contribution in [0.25, 0.3) is 0 Å². The summed E-state index contributed by atoms with van der Waals surface area (Å²) in [5, 5.41) is 28.4. The molecule has 0 aliphatic carbocycles. The number of hydrogen-bond donors (Lipinski definition) is 3. The molecule has 1 aliphatic heterocycles. The lowest BCUT2D eigenvalue weighted by atomic mass is 9.90.